The Balaban J connectivity index is 1.54. The molecule has 0 unspecified atom stereocenters. The van der Waals surface area contributed by atoms with E-state index in [4.69, 9.17) is 4.74 Å². The highest BCUT2D eigenvalue weighted by molar-refractivity contribution is 5.89. The monoisotopic (exact) mass is 360 g/mol. The van der Waals surface area contributed by atoms with E-state index in [1.165, 1.54) is 0 Å². The van der Waals surface area contributed by atoms with Gasteiger partial charge in [-0.3, -0.25) is 25.2 Å². The molecule has 3 rings (SSSR count). The molecule has 0 heterocycles. The van der Waals surface area contributed by atoms with E-state index in [-0.39, 0.29) is 11.8 Å². The van der Waals surface area contributed by atoms with E-state index in [2.05, 4.69) is 10.9 Å². The molecule has 2 saturated carbocycles. The second-order valence-corrected chi connectivity index (χ2v) is 7.28. The zero-order chi connectivity index (χ0) is 18.8. The summed E-state index contributed by atoms with van der Waals surface area (Å²) in [4.78, 5) is 36.1. The molecule has 0 aliphatic heterocycles. The smallest absolute Gasteiger partial charge is 0.307 e. The Hall–Kier alpha value is -2.57. The van der Waals surface area contributed by atoms with Crippen molar-refractivity contribution >= 4 is 17.8 Å². The fourth-order valence-electron chi connectivity index (χ4n) is 4.28. The molecule has 1 aromatic carbocycles. The second kappa shape index (κ2) is 7.35. The van der Waals surface area contributed by atoms with Crippen LogP contribution in [0.5, 0.6) is 5.75 Å². The van der Waals surface area contributed by atoms with Gasteiger partial charge < -0.3 is 9.84 Å². The van der Waals surface area contributed by atoms with Crippen molar-refractivity contribution in [3.8, 4) is 5.75 Å². The van der Waals surface area contributed by atoms with E-state index < -0.39 is 35.7 Å². The van der Waals surface area contributed by atoms with Crippen LogP contribution >= 0.6 is 0 Å². The minimum absolute atomic E-state index is 0.0625. The molecule has 7 nitrogen and oxygen atoms in total. The van der Waals surface area contributed by atoms with Crippen LogP contribution < -0.4 is 15.6 Å². The van der Waals surface area contributed by atoms with Crippen molar-refractivity contribution in [2.24, 2.45) is 23.7 Å². The predicted molar refractivity (Wildman–Crippen MR) is 93.0 cm³/mol. The zero-order valence-electron chi connectivity index (χ0n) is 14.9. The minimum atomic E-state index is -0.931. The number of hydrogen-bond acceptors (Lipinski definition) is 4. The number of aryl methyl sites for hydroxylation is 1. The first-order valence-corrected chi connectivity index (χ1v) is 8.92. The first-order chi connectivity index (χ1) is 12.4. The molecular weight excluding hydrogens is 336 g/mol. The van der Waals surface area contributed by atoms with Crippen molar-refractivity contribution in [1.29, 1.82) is 0 Å². The predicted octanol–water partition coefficient (Wildman–Crippen LogP) is 1.66. The topological polar surface area (TPSA) is 105 Å². The van der Waals surface area contributed by atoms with Crippen LogP contribution in [0.2, 0.25) is 0 Å². The molecule has 0 radical (unpaired) electrons. The maximum absolute atomic E-state index is 12.5. The van der Waals surface area contributed by atoms with Gasteiger partial charge >= 0.3 is 5.97 Å². The largest absolute Gasteiger partial charge is 0.481 e. The van der Waals surface area contributed by atoms with Crippen molar-refractivity contribution in [3.05, 3.63) is 29.8 Å². The van der Waals surface area contributed by atoms with Gasteiger partial charge in [0.25, 0.3) is 5.91 Å². The molecule has 2 fully saturated rings. The average molecular weight is 360 g/mol. The summed E-state index contributed by atoms with van der Waals surface area (Å²) < 4.78 is 5.57. The zero-order valence-corrected chi connectivity index (χ0v) is 14.9. The van der Waals surface area contributed by atoms with Crippen molar-refractivity contribution in [3.63, 3.8) is 0 Å². The molecule has 2 aliphatic rings. The summed E-state index contributed by atoms with van der Waals surface area (Å²) in [7, 11) is 0. The van der Waals surface area contributed by atoms with Crippen molar-refractivity contribution in [1.82, 2.24) is 10.9 Å². The number of carboxylic acids is 1. The van der Waals surface area contributed by atoms with Gasteiger partial charge in [-0.2, -0.15) is 0 Å². The third-order valence-corrected chi connectivity index (χ3v) is 5.48. The van der Waals surface area contributed by atoms with Gasteiger partial charge in [0.05, 0.1) is 11.8 Å². The van der Waals surface area contributed by atoms with Crippen LogP contribution in [0.3, 0.4) is 0 Å². The summed E-state index contributed by atoms with van der Waals surface area (Å²) in [6.45, 7) is 3.51. The number of amides is 2. The standard InChI is InChI=1S/C19H24N2O5/c1-10-4-3-5-14(8-10)26-11(2)17(22)20-21-18(23)15-12-6-7-13(9-12)16(15)19(24)25/h3-5,8,11-13,15-16H,6-7,9H2,1-2H3,(H,20,22)(H,21,23)(H,24,25)/t11-,12+,13+,15+,16+/m1/s1. The van der Waals surface area contributed by atoms with Gasteiger partial charge in [0.2, 0.25) is 5.91 Å². The maximum Gasteiger partial charge on any atom is 0.307 e. The average Bonchev–Trinajstić information content (AvgIpc) is 3.20. The van der Waals surface area contributed by atoms with Gasteiger partial charge in [0.15, 0.2) is 6.10 Å². The Morgan fingerprint density at radius 3 is 2.50 bits per heavy atom. The number of hydrogen-bond donors (Lipinski definition) is 3. The molecule has 2 bridgehead atoms. The lowest BCUT2D eigenvalue weighted by atomic mass is 9.79. The third kappa shape index (κ3) is 3.66. The number of nitrogens with one attached hydrogen (secondary N) is 2. The summed E-state index contributed by atoms with van der Waals surface area (Å²) in [5.41, 5.74) is 5.76. The highest BCUT2D eigenvalue weighted by Crippen LogP contribution is 2.52. The number of carbonyl (C=O) groups is 3. The van der Waals surface area contributed by atoms with E-state index >= 15 is 0 Å². The van der Waals surface area contributed by atoms with Crippen LogP contribution in [0.15, 0.2) is 24.3 Å². The summed E-state index contributed by atoms with van der Waals surface area (Å²) in [6.07, 6.45) is 1.70. The van der Waals surface area contributed by atoms with Crippen LogP contribution in [0.1, 0.15) is 31.7 Å². The lowest BCUT2D eigenvalue weighted by molar-refractivity contribution is -0.150. The Morgan fingerprint density at radius 2 is 1.85 bits per heavy atom. The molecule has 0 spiro atoms. The SMILES string of the molecule is Cc1cccc(O[C@H](C)C(=O)NNC(=O)[C@H]2[C@H]3CC[C@@H](C3)[C@@H]2C(=O)O)c1. The van der Waals surface area contributed by atoms with E-state index in [1.54, 1.807) is 13.0 Å². The van der Waals surface area contributed by atoms with Crippen molar-refractivity contribution < 1.29 is 24.2 Å². The van der Waals surface area contributed by atoms with E-state index in [0.717, 1.165) is 24.8 Å². The molecule has 0 saturated heterocycles. The molecule has 1 aromatic rings. The van der Waals surface area contributed by atoms with Gasteiger partial charge in [-0.05, 0) is 62.6 Å². The first-order valence-electron chi connectivity index (χ1n) is 8.92. The Labute approximate surface area is 152 Å². The summed E-state index contributed by atoms with van der Waals surface area (Å²) in [5.74, 6) is -2.38. The molecule has 26 heavy (non-hydrogen) atoms. The number of aliphatic carboxylic acids is 1. The van der Waals surface area contributed by atoms with Crippen LogP contribution in [-0.4, -0.2) is 29.0 Å². The maximum atomic E-state index is 12.5. The number of rotatable bonds is 5. The second-order valence-electron chi connectivity index (χ2n) is 7.28. The molecule has 2 amide bonds. The van der Waals surface area contributed by atoms with E-state index in [9.17, 15) is 19.5 Å². The van der Waals surface area contributed by atoms with Crippen LogP contribution in [0, 0.1) is 30.6 Å². The quantitative estimate of drug-likeness (QED) is 0.693. The number of benzene rings is 1. The summed E-state index contributed by atoms with van der Waals surface area (Å²) >= 11 is 0. The number of carboxylic acid groups (broad SMARTS) is 1. The number of fused-ring (bicyclic) bond motifs is 2. The van der Waals surface area contributed by atoms with Gasteiger partial charge in [-0.25, -0.2) is 0 Å². The molecular formula is C19H24N2O5. The lowest BCUT2D eigenvalue weighted by Crippen LogP contribution is -2.51. The Bertz CT molecular complexity index is 720. The fourth-order valence-corrected chi connectivity index (χ4v) is 4.28. The highest BCUT2D eigenvalue weighted by Gasteiger charge is 2.54. The highest BCUT2D eigenvalue weighted by atomic mass is 16.5. The van der Waals surface area contributed by atoms with Gasteiger partial charge in [0.1, 0.15) is 5.75 Å². The molecule has 3 N–H and O–H groups in total. The van der Waals surface area contributed by atoms with Crippen LogP contribution in [0.25, 0.3) is 0 Å². The molecule has 2 aliphatic carbocycles. The Morgan fingerprint density at radius 1 is 1.15 bits per heavy atom. The van der Waals surface area contributed by atoms with E-state index in [0.29, 0.717) is 5.75 Å². The molecule has 140 valence electrons. The minimum Gasteiger partial charge on any atom is -0.481 e. The number of hydrazine groups is 1. The fraction of sp³-hybridized carbons (Fsp3) is 0.526. The van der Waals surface area contributed by atoms with Crippen molar-refractivity contribution in [2.45, 2.75) is 39.2 Å². The van der Waals surface area contributed by atoms with E-state index in [1.807, 2.05) is 25.1 Å². The molecule has 7 heteroatoms. The van der Waals surface area contributed by atoms with Gasteiger partial charge in [-0.1, -0.05) is 12.1 Å². The first kappa shape index (κ1) is 18.2. The van der Waals surface area contributed by atoms with Gasteiger partial charge in [0, 0.05) is 0 Å². The Kier molecular flexibility index (Phi) is 5.15. The number of carbonyl (C=O) groups excluding carboxylic acids is 2. The normalized spacial score (nSPS) is 27.6. The summed E-state index contributed by atoms with van der Waals surface area (Å²) in [5, 5.41) is 9.42. The third-order valence-electron chi connectivity index (χ3n) is 5.48. The number of ether oxygens (including phenoxy) is 1. The lowest BCUT2D eigenvalue weighted by Gasteiger charge is -2.27. The molecule has 0 aromatic heterocycles. The summed E-state index contributed by atoms with van der Waals surface area (Å²) in [6, 6.07) is 7.32. The van der Waals surface area contributed by atoms with Crippen LogP contribution in [0.4, 0.5) is 0 Å². The molecule has 5 atom stereocenters. The van der Waals surface area contributed by atoms with Gasteiger partial charge in [-0.15, -0.1) is 0 Å². The van der Waals surface area contributed by atoms with Crippen LogP contribution in [-0.2, 0) is 14.4 Å². The van der Waals surface area contributed by atoms with Crippen molar-refractivity contribution in [2.75, 3.05) is 0 Å².